The van der Waals surface area contributed by atoms with Crippen LogP contribution in [0.15, 0.2) is 24.3 Å². The van der Waals surface area contributed by atoms with Crippen molar-refractivity contribution in [2.45, 2.75) is 20.3 Å². The van der Waals surface area contributed by atoms with Crippen molar-refractivity contribution in [2.24, 2.45) is 11.8 Å². The molecular weight excluding hydrogens is 338 g/mol. The Bertz CT molecular complexity index is 633. The summed E-state index contributed by atoms with van der Waals surface area (Å²) in [5.74, 6) is 0.224. The molecule has 2 amide bonds. The average Bonchev–Trinajstić information content (AvgIpc) is 2.60. The van der Waals surface area contributed by atoms with E-state index < -0.39 is 0 Å². The first-order valence-corrected chi connectivity index (χ1v) is 9.40. The molecule has 6 heteroatoms. The lowest BCUT2D eigenvalue weighted by molar-refractivity contribution is -0.153. The van der Waals surface area contributed by atoms with Crippen LogP contribution in [-0.4, -0.2) is 60.9 Å². The highest BCUT2D eigenvalue weighted by Gasteiger charge is 2.33. The topological polar surface area (TPSA) is 43.9 Å². The smallest absolute Gasteiger partial charge is 0.312 e. The largest absolute Gasteiger partial charge is 0.368 e. The highest BCUT2D eigenvalue weighted by molar-refractivity contribution is 6.35. The Balaban J connectivity index is 1.57. The molecule has 0 aromatic heterocycles. The predicted octanol–water partition coefficient (Wildman–Crippen LogP) is 2.49. The number of hydrogen-bond donors (Lipinski definition) is 0. The minimum Gasteiger partial charge on any atom is -0.368 e. The van der Waals surface area contributed by atoms with Crippen molar-refractivity contribution in [3.8, 4) is 0 Å². The highest BCUT2D eigenvalue weighted by atomic mass is 35.5. The molecule has 2 aliphatic heterocycles. The maximum absolute atomic E-state index is 12.6. The van der Waals surface area contributed by atoms with Gasteiger partial charge in [-0.05, 0) is 36.5 Å². The fourth-order valence-electron chi connectivity index (χ4n) is 3.94. The molecule has 2 fully saturated rings. The van der Waals surface area contributed by atoms with Gasteiger partial charge in [-0.2, -0.15) is 0 Å². The fourth-order valence-corrected chi connectivity index (χ4v) is 4.12. The van der Waals surface area contributed by atoms with Crippen molar-refractivity contribution in [2.75, 3.05) is 44.2 Å². The summed E-state index contributed by atoms with van der Waals surface area (Å²) in [6.45, 7) is 8.23. The summed E-state index contributed by atoms with van der Waals surface area (Å²) in [6.07, 6.45) is 1.12. The molecule has 25 heavy (non-hydrogen) atoms. The molecule has 1 aromatic carbocycles. The number of anilines is 1. The summed E-state index contributed by atoms with van der Waals surface area (Å²) < 4.78 is 0. The molecule has 0 N–H and O–H groups in total. The highest BCUT2D eigenvalue weighted by Crippen LogP contribution is 2.23. The summed E-state index contributed by atoms with van der Waals surface area (Å²) in [7, 11) is 0. The molecule has 1 aromatic rings. The molecule has 0 spiro atoms. The maximum Gasteiger partial charge on any atom is 0.312 e. The molecule has 2 unspecified atom stereocenters. The second kappa shape index (κ2) is 7.65. The van der Waals surface area contributed by atoms with Gasteiger partial charge in [-0.15, -0.1) is 0 Å². The fraction of sp³-hybridized carbons (Fsp3) is 0.579. The van der Waals surface area contributed by atoms with Crippen LogP contribution in [0, 0.1) is 11.8 Å². The van der Waals surface area contributed by atoms with Crippen LogP contribution in [0.1, 0.15) is 20.3 Å². The molecule has 2 heterocycles. The van der Waals surface area contributed by atoms with Crippen molar-refractivity contribution in [3.05, 3.63) is 29.3 Å². The van der Waals surface area contributed by atoms with E-state index in [2.05, 4.69) is 18.7 Å². The van der Waals surface area contributed by atoms with Crippen LogP contribution < -0.4 is 4.90 Å². The van der Waals surface area contributed by atoms with E-state index in [1.807, 2.05) is 24.3 Å². The molecule has 0 radical (unpaired) electrons. The van der Waals surface area contributed by atoms with Gasteiger partial charge in [0, 0.05) is 50.0 Å². The number of carbonyl (C=O) groups is 2. The van der Waals surface area contributed by atoms with E-state index in [4.69, 9.17) is 11.6 Å². The third-order valence-electron chi connectivity index (χ3n) is 5.08. The summed E-state index contributed by atoms with van der Waals surface area (Å²) in [6, 6.07) is 7.73. The second-order valence-corrected chi connectivity index (χ2v) is 7.85. The normalized spacial score (nSPS) is 24.4. The number of likely N-dealkylation sites (tertiary alicyclic amines) is 1. The van der Waals surface area contributed by atoms with Crippen LogP contribution >= 0.6 is 11.6 Å². The number of halogens is 1. The molecule has 5 nitrogen and oxygen atoms in total. The second-order valence-electron chi connectivity index (χ2n) is 7.42. The third kappa shape index (κ3) is 4.27. The SMILES string of the molecule is CC1CC(C)CN(C(=O)C(=O)N2CCN(c3cccc(Cl)c3)CC2)C1. The Hall–Kier alpha value is -1.75. The summed E-state index contributed by atoms with van der Waals surface area (Å²) in [5.41, 5.74) is 1.06. The number of piperidine rings is 1. The number of benzene rings is 1. The molecule has 136 valence electrons. The van der Waals surface area contributed by atoms with Gasteiger partial charge >= 0.3 is 11.8 Å². The van der Waals surface area contributed by atoms with E-state index in [9.17, 15) is 9.59 Å². The lowest BCUT2D eigenvalue weighted by Gasteiger charge is -2.38. The van der Waals surface area contributed by atoms with E-state index in [0.717, 1.165) is 12.1 Å². The first-order valence-electron chi connectivity index (χ1n) is 9.02. The Morgan fingerprint density at radius 2 is 1.56 bits per heavy atom. The summed E-state index contributed by atoms with van der Waals surface area (Å²) >= 11 is 6.05. The van der Waals surface area contributed by atoms with Crippen LogP contribution in [0.5, 0.6) is 0 Å². The molecule has 3 rings (SSSR count). The van der Waals surface area contributed by atoms with Gasteiger partial charge in [0.25, 0.3) is 0 Å². The Labute approximate surface area is 154 Å². The minimum absolute atomic E-state index is 0.338. The van der Waals surface area contributed by atoms with E-state index in [-0.39, 0.29) is 11.8 Å². The van der Waals surface area contributed by atoms with Crippen LogP contribution in [0.4, 0.5) is 5.69 Å². The molecule has 0 aliphatic carbocycles. The van der Waals surface area contributed by atoms with Crippen molar-refractivity contribution in [3.63, 3.8) is 0 Å². The van der Waals surface area contributed by atoms with Gasteiger partial charge in [-0.25, -0.2) is 0 Å². The zero-order valence-electron chi connectivity index (χ0n) is 14.9. The molecule has 2 atom stereocenters. The standard InChI is InChI=1S/C19H26ClN3O2/c1-14-10-15(2)13-23(12-14)19(25)18(24)22-8-6-21(7-9-22)17-5-3-4-16(20)11-17/h3-5,11,14-15H,6-10,12-13H2,1-2H3. The van der Waals surface area contributed by atoms with Crippen LogP contribution in [0.25, 0.3) is 0 Å². The van der Waals surface area contributed by atoms with Crippen molar-refractivity contribution in [1.29, 1.82) is 0 Å². The lowest BCUT2D eigenvalue weighted by Crippen LogP contribution is -2.55. The van der Waals surface area contributed by atoms with Gasteiger partial charge in [0.2, 0.25) is 0 Å². The van der Waals surface area contributed by atoms with Gasteiger partial charge in [-0.1, -0.05) is 31.5 Å². The predicted molar refractivity (Wildman–Crippen MR) is 99.8 cm³/mol. The maximum atomic E-state index is 12.6. The first-order chi connectivity index (χ1) is 11.9. The first kappa shape index (κ1) is 18.1. The van der Waals surface area contributed by atoms with Gasteiger partial charge in [0.1, 0.15) is 0 Å². The van der Waals surface area contributed by atoms with Gasteiger partial charge in [0.15, 0.2) is 0 Å². The lowest BCUT2D eigenvalue weighted by atomic mass is 9.92. The third-order valence-corrected chi connectivity index (χ3v) is 5.31. The number of amides is 2. The molecular formula is C19H26ClN3O2. The average molecular weight is 364 g/mol. The van der Waals surface area contributed by atoms with Crippen molar-refractivity contribution < 1.29 is 9.59 Å². The van der Waals surface area contributed by atoms with E-state index >= 15 is 0 Å². The van der Waals surface area contributed by atoms with E-state index in [0.29, 0.717) is 56.1 Å². The Kier molecular flexibility index (Phi) is 5.52. The van der Waals surface area contributed by atoms with Crippen LogP contribution in [0.3, 0.4) is 0 Å². The summed E-state index contributed by atoms with van der Waals surface area (Å²) in [5, 5.41) is 0.708. The zero-order chi connectivity index (χ0) is 18.0. The van der Waals surface area contributed by atoms with Crippen molar-refractivity contribution >= 4 is 29.1 Å². The minimum atomic E-state index is -0.355. The number of nitrogens with zero attached hydrogens (tertiary/aromatic N) is 3. The Morgan fingerprint density at radius 1 is 0.960 bits per heavy atom. The quantitative estimate of drug-likeness (QED) is 0.720. The van der Waals surface area contributed by atoms with Crippen LogP contribution in [-0.2, 0) is 9.59 Å². The van der Waals surface area contributed by atoms with Gasteiger partial charge < -0.3 is 14.7 Å². The molecule has 0 bridgehead atoms. The number of piperazine rings is 1. The van der Waals surface area contributed by atoms with E-state index in [1.165, 1.54) is 0 Å². The number of carbonyl (C=O) groups excluding carboxylic acids is 2. The van der Waals surface area contributed by atoms with E-state index in [1.54, 1.807) is 9.80 Å². The summed E-state index contributed by atoms with van der Waals surface area (Å²) in [4.78, 5) is 30.8. The van der Waals surface area contributed by atoms with Gasteiger partial charge in [0.05, 0.1) is 0 Å². The van der Waals surface area contributed by atoms with Crippen molar-refractivity contribution in [1.82, 2.24) is 9.80 Å². The zero-order valence-corrected chi connectivity index (χ0v) is 15.7. The Morgan fingerprint density at radius 3 is 2.16 bits per heavy atom. The monoisotopic (exact) mass is 363 g/mol. The van der Waals surface area contributed by atoms with Crippen LogP contribution in [0.2, 0.25) is 5.02 Å². The number of rotatable bonds is 1. The number of hydrogen-bond acceptors (Lipinski definition) is 3. The van der Waals surface area contributed by atoms with Gasteiger partial charge in [-0.3, -0.25) is 9.59 Å². The molecule has 2 aliphatic rings. The molecule has 2 saturated heterocycles. The molecule has 0 saturated carbocycles.